The maximum absolute atomic E-state index is 12.5. The van der Waals surface area contributed by atoms with Crippen LogP contribution in [0.4, 0.5) is 0 Å². The molecule has 9 heteroatoms. The molecule has 0 aromatic heterocycles. The molecule has 2 saturated heterocycles. The van der Waals surface area contributed by atoms with E-state index in [4.69, 9.17) is 14.2 Å². The molecule has 2 radical (unpaired) electrons. The minimum absolute atomic E-state index is 0.107. The van der Waals surface area contributed by atoms with Crippen molar-refractivity contribution in [2.45, 2.75) is 103 Å². The van der Waals surface area contributed by atoms with Crippen molar-refractivity contribution in [1.29, 1.82) is 0 Å². The highest BCUT2D eigenvalue weighted by Gasteiger charge is 2.49. The van der Waals surface area contributed by atoms with Crippen LogP contribution in [0.1, 0.15) is 81.1 Å². The van der Waals surface area contributed by atoms with Gasteiger partial charge >= 0.3 is 11.9 Å². The minimum atomic E-state index is -0.624. The van der Waals surface area contributed by atoms with Crippen LogP contribution in [0.25, 0.3) is 0 Å². The van der Waals surface area contributed by atoms with Gasteiger partial charge in [-0.15, -0.1) is 20.5 Å². The van der Waals surface area contributed by atoms with Crippen LogP contribution in [0.2, 0.25) is 0 Å². The van der Waals surface area contributed by atoms with Crippen LogP contribution in [0.5, 0.6) is 0 Å². The summed E-state index contributed by atoms with van der Waals surface area (Å²) in [5, 5.41) is 27.0. The quantitative estimate of drug-likeness (QED) is 0.395. The molecule has 2 heterocycles. The summed E-state index contributed by atoms with van der Waals surface area (Å²) in [6.45, 7) is 15.4. The second-order valence-electron chi connectivity index (χ2n) is 12.0. The Morgan fingerprint density at radius 2 is 0.879 bits per heavy atom. The van der Waals surface area contributed by atoms with Gasteiger partial charge in [-0.2, -0.15) is 0 Å². The zero-order chi connectivity index (χ0) is 25.2. The third-order valence-corrected chi connectivity index (χ3v) is 6.79. The number of hydrogen-bond acceptors (Lipinski definition) is 7. The van der Waals surface area contributed by atoms with E-state index < -0.39 is 22.2 Å². The lowest BCUT2D eigenvalue weighted by Crippen LogP contribution is -2.59. The predicted molar refractivity (Wildman–Crippen MR) is 120 cm³/mol. The van der Waals surface area contributed by atoms with Crippen LogP contribution in [-0.2, 0) is 34.2 Å². The van der Waals surface area contributed by atoms with Crippen LogP contribution in [0.15, 0.2) is 0 Å². The van der Waals surface area contributed by atoms with Gasteiger partial charge in [0.05, 0.1) is 25.0 Å². The highest BCUT2D eigenvalue weighted by molar-refractivity contribution is 5.73. The predicted octanol–water partition coefficient (Wildman–Crippen LogP) is 3.32. The summed E-state index contributed by atoms with van der Waals surface area (Å²) in [4.78, 5) is 24.9. The standard InChI is InChI=1S/C24H42N2O7/c1-21(2)13-17(14-22(3,4)25(21)29)19(27)32-11-9-31-10-12-33-20(28)18-15-23(5,6)26(30)24(7,8)16-18/h17-18H,9-16H2,1-8H3. The lowest BCUT2D eigenvalue weighted by molar-refractivity contribution is -0.293. The molecule has 0 N–H and O–H groups in total. The zero-order valence-electron chi connectivity index (χ0n) is 21.6. The van der Waals surface area contributed by atoms with E-state index in [9.17, 15) is 20.0 Å². The largest absolute Gasteiger partial charge is 0.463 e. The summed E-state index contributed by atoms with van der Waals surface area (Å²) >= 11 is 0. The molecule has 190 valence electrons. The van der Waals surface area contributed by atoms with E-state index in [2.05, 4.69) is 0 Å². The van der Waals surface area contributed by atoms with Crippen molar-refractivity contribution in [1.82, 2.24) is 10.1 Å². The molecule has 0 saturated carbocycles. The number of piperidine rings is 2. The fourth-order valence-electron chi connectivity index (χ4n) is 5.60. The number of esters is 2. The van der Waals surface area contributed by atoms with Gasteiger partial charge in [0, 0.05) is 22.2 Å². The first-order valence-corrected chi connectivity index (χ1v) is 11.9. The van der Waals surface area contributed by atoms with Gasteiger partial charge in [0.25, 0.3) is 0 Å². The normalized spacial score (nSPS) is 25.5. The van der Waals surface area contributed by atoms with E-state index in [1.807, 2.05) is 55.4 Å². The first kappa shape index (κ1) is 28.0. The second kappa shape index (κ2) is 10.2. The lowest BCUT2D eigenvalue weighted by Gasteiger charge is -2.49. The number of carbonyl (C=O) groups excluding carboxylic acids is 2. The topological polar surface area (TPSA) is 108 Å². The van der Waals surface area contributed by atoms with Crippen LogP contribution < -0.4 is 0 Å². The van der Waals surface area contributed by atoms with Crippen LogP contribution in [-0.4, -0.2) is 70.6 Å². The van der Waals surface area contributed by atoms with Crippen molar-refractivity contribution in [3.05, 3.63) is 0 Å². The average Bonchev–Trinajstić information content (AvgIpc) is 2.68. The first-order chi connectivity index (χ1) is 15.0. The molecule has 0 aromatic rings. The third kappa shape index (κ3) is 6.88. The summed E-state index contributed by atoms with van der Waals surface area (Å²) in [6, 6.07) is 0. The minimum Gasteiger partial charge on any atom is -0.463 e. The van der Waals surface area contributed by atoms with Crippen molar-refractivity contribution in [3.8, 4) is 0 Å². The van der Waals surface area contributed by atoms with Crippen LogP contribution in [0.3, 0.4) is 0 Å². The molecule has 2 aliphatic rings. The van der Waals surface area contributed by atoms with Gasteiger partial charge < -0.3 is 14.2 Å². The molecule has 2 aliphatic heterocycles. The summed E-state index contributed by atoms with van der Waals surface area (Å²) in [5.74, 6) is -1.27. The van der Waals surface area contributed by atoms with E-state index >= 15 is 0 Å². The number of hydroxylamine groups is 4. The molecule has 0 amide bonds. The molecular formula is C24H42N2O7. The Balaban J connectivity index is 1.65. The molecule has 0 unspecified atom stereocenters. The zero-order valence-corrected chi connectivity index (χ0v) is 21.6. The maximum atomic E-state index is 12.5. The number of rotatable bonds is 8. The van der Waals surface area contributed by atoms with Gasteiger partial charge in [-0.1, -0.05) is 0 Å². The Labute approximate surface area is 198 Å². The Morgan fingerprint density at radius 1 is 0.606 bits per heavy atom. The summed E-state index contributed by atoms with van der Waals surface area (Å²) in [6.07, 6.45) is 1.81. The molecule has 0 aromatic carbocycles. The molecular weight excluding hydrogens is 428 g/mol. The second-order valence-corrected chi connectivity index (χ2v) is 12.0. The van der Waals surface area contributed by atoms with Crippen molar-refractivity contribution in [3.63, 3.8) is 0 Å². The number of carbonyl (C=O) groups is 2. The van der Waals surface area contributed by atoms with E-state index in [0.717, 1.165) is 10.1 Å². The van der Waals surface area contributed by atoms with E-state index in [1.54, 1.807) is 0 Å². The van der Waals surface area contributed by atoms with E-state index in [0.29, 0.717) is 25.7 Å². The third-order valence-electron chi connectivity index (χ3n) is 6.79. The van der Waals surface area contributed by atoms with Crippen molar-refractivity contribution < 1.29 is 34.2 Å². The van der Waals surface area contributed by atoms with E-state index in [1.165, 1.54) is 0 Å². The molecule has 2 fully saturated rings. The number of hydrogen-bond donors (Lipinski definition) is 0. The van der Waals surface area contributed by atoms with Crippen molar-refractivity contribution in [2.75, 3.05) is 26.4 Å². The maximum Gasteiger partial charge on any atom is 0.309 e. The van der Waals surface area contributed by atoms with Crippen LogP contribution >= 0.6 is 0 Å². The van der Waals surface area contributed by atoms with Gasteiger partial charge in [-0.05, 0) is 81.1 Å². The molecule has 0 atom stereocenters. The van der Waals surface area contributed by atoms with Gasteiger partial charge in [-0.3, -0.25) is 9.59 Å². The molecule has 0 aliphatic carbocycles. The fourth-order valence-corrected chi connectivity index (χ4v) is 5.60. The summed E-state index contributed by atoms with van der Waals surface area (Å²) in [7, 11) is 0. The summed E-state index contributed by atoms with van der Waals surface area (Å²) < 4.78 is 16.1. The van der Waals surface area contributed by atoms with Crippen molar-refractivity contribution in [2.24, 2.45) is 11.8 Å². The summed E-state index contributed by atoms with van der Waals surface area (Å²) in [5.41, 5.74) is -2.50. The van der Waals surface area contributed by atoms with Crippen LogP contribution in [0, 0.1) is 11.8 Å². The Hall–Kier alpha value is -1.26. The van der Waals surface area contributed by atoms with Gasteiger partial charge in [-0.25, -0.2) is 0 Å². The van der Waals surface area contributed by atoms with E-state index in [-0.39, 0.29) is 50.2 Å². The number of nitrogens with zero attached hydrogens (tertiary/aromatic N) is 2. The van der Waals surface area contributed by atoms with Gasteiger partial charge in [0.2, 0.25) is 0 Å². The fraction of sp³-hybridized carbons (Fsp3) is 0.917. The Morgan fingerprint density at radius 3 is 1.15 bits per heavy atom. The van der Waals surface area contributed by atoms with Crippen molar-refractivity contribution >= 4 is 11.9 Å². The molecule has 0 spiro atoms. The first-order valence-electron chi connectivity index (χ1n) is 11.9. The highest BCUT2D eigenvalue weighted by atomic mass is 16.6. The lowest BCUT2D eigenvalue weighted by atomic mass is 9.75. The molecule has 0 bridgehead atoms. The SMILES string of the molecule is CC1(C)CC(C(=O)OCCOCCOC(=O)C2CC(C)(C)N([O])C(C)(C)C2)CC(C)(C)N1[O]. The molecule has 33 heavy (non-hydrogen) atoms. The van der Waals surface area contributed by atoms with Gasteiger partial charge in [0.1, 0.15) is 13.2 Å². The molecule has 2 rings (SSSR count). The average molecular weight is 471 g/mol. The molecule has 9 nitrogen and oxygen atoms in total. The highest BCUT2D eigenvalue weighted by Crippen LogP contribution is 2.41. The smallest absolute Gasteiger partial charge is 0.309 e. The monoisotopic (exact) mass is 470 g/mol. The Bertz CT molecular complexity index is 611. The Kier molecular flexibility index (Phi) is 8.61. The van der Waals surface area contributed by atoms with Gasteiger partial charge in [0.15, 0.2) is 0 Å². The number of ether oxygens (including phenoxy) is 3.